The minimum atomic E-state index is -2.98. The molecule has 2 fully saturated rings. The van der Waals surface area contributed by atoms with E-state index >= 15 is 0 Å². The Bertz CT molecular complexity index is 729. The molecule has 0 aromatic carbocycles. The topological polar surface area (TPSA) is 93.9 Å². The lowest BCUT2D eigenvalue weighted by Gasteiger charge is -2.14. The lowest BCUT2D eigenvalue weighted by Crippen LogP contribution is -2.30. The van der Waals surface area contributed by atoms with Crippen molar-refractivity contribution in [1.82, 2.24) is 20.1 Å². The zero-order valence-electron chi connectivity index (χ0n) is 13.5. The highest BCUT2D eigenvalue weighted by Crippen LogP contribution is 2.32. The first-order valence-corrected chi connectivity index (χ1v) is 10.9. The molecule has 0 unspecified atom stereocenters. The predicted octanol–water partition coefficient (Wildman–Crippen LogP) is 1.13. The van der Waals surface area contributed by atoms with Gasteiger partial charge in [-0.3, -0.25) is 4.79 Å². The average Bonchev–Trinajstić information content (AvgIpc) is 3.02. The number of nitrogens with one attached hydrogen (secondary N) is 1. The van der Waals surface area contributed by atoms with E-state index in [2.05, 4.69) is 22.1 Å². The maximum Gasteiger partial charge on any atom is 0.233 e. The summed E-state index contributed by atoms with van der Waals surface area (Å²) in [5, 5.41) is 11.9. The van der Waals surface area contributed by atoms with Crippen molar-refractivity contribution in [2.75, 3.05) is 18.1 Å². The van der Waals surface area contributed by atoms with Gasteiger partial charge in [0, 0.05) is 19.0 Å². The summed E-state index contributed by atoms with van der Waals surface area (Å²) in [6.45, 7) is 5.00. The molecule has 1 N–H and O–H groups in total. The van der Waals surface area contributed by atoms with E-state index in [0.717, 1.165) is 25.8 Å². The Morgan fingerprint density at radius 2 is 2.17 bits per heavy atom. The van der Waals surface area contributed by atoms with E-state index in [1.54, 1.807) is 6.08 Å². The van der Waals surface area contributed by atoms with Crippen molar-refractivity contribution in [1.29, 1.82) is 0 Å². The molecule has 2 saturated heterocycles. The van der Waals surface area contributed by atoms with Gasteiger partial charge in [0.2, 0.25) is 5.91 Å². The van der Waals surface area contributed by atoms with E-state index in [-0.39, 0.29) is 28.6 Å². The molecular formula is C15H22N4O3S2. The summed E-state index contributed by atoms with van der Waals surface area (Å²) >= 11 is 1.41. The first-order valence-electron chi connectivity index (χ1n) is 8.19. The van der Waals surface area contributed by atoms with Crippen LogP contribution in [0.5, 0.6) is 0 Å². The molecule has 3 heterocycles. The molecule has 0 saturated carbocycles. The molecule has 24 heavy (non-hydrogen) atoms. The van der Waals surface area contributed by atoms with Crippen LogP contribution in [-0.2, 0) is 21.2 Å². The zero-order valence-corrected chi connectivity index (χ0v) is 15.1. The Labute approximate surface area is 146 Å². The molecule has 9 heteroatoms. The molecule has 2 aliphatic heterocycles. The van der Waals surface area contributed by atoms with Gasteiger partial charge in [0.15, 0.2) is 15.0 Å². The van der Waals surface area contributed by atoms with Gasteiger partial charge < -0.3 is 9.88 Å². The molecule has 0 spiro atoms. The third-order valence-electron chi connectivity index (χ3n) is 4.39. The monoisotopic (exact) mass is 370 g/mol. The van der Waals surface area contributed by atoms with E-state index in [0.29, 0.717) is 23.9 Å². The summed E-state index contributed by atoms with van der Waals surface area (Å²) in [6.07, 6.45) is 5.12. The lowest BCUT2D eigenvalue weighted by atomic mass is 10.1. The SMILES string of the molecule is C=CCn1c(S[C@@H]2CCCCNC2=O)nnc1[C@@H]1CCS(=O)(=O)C1. The highest BCUT2D eigenvalue weighted by Gasteiger charge is 2.34. The van der Waals surface area contributed by atoms with E-state index < -0.39 is 9.84 Å². The van der Waals surface area contributed by atoms with Crippen molar-refractivity contribution in [2.45, 2.75) is 48.6 Å². The van der Waals surface area contributed by atoms with Crippen LogP contribution < -0.4 is 5.32 Å². The van der Waals surface area contributed by atoms with Crippen LogP contribution in [0, 0.1) is 0 Å². The first-order chi connectivity index (χ1) is 11.5. The van der Waals surface area contributed by atoms with Crippen molar-refractivity contribution in [3.8, 4) is 0 Å². The largest absolute Gasteiger partial charge is 0.355 e. The normalized spacial score (nSPS) is 26.8. The van der Waals surface area contributed by atoms with Crippen LogP contribution in [0.2, 0.25) is 0 Å². The molecular weight excluding hydrogens is 348 g/mol. The van der Waals surface area contributed by atoms with Crippen LogP contribution in [0.4, 0.5) is 0 Å². The summed E-state index contributed by atoms with van der Waals surface area (Å²) in [6, 6.07) is 0. The van der Waals surface area contributed by atoms with Gasteiger partial charge in [-0.2, -0.15) is 0 Å². The number of amides is 1. The molecule has 2 aliphatic rings. The molecule has 1 amide bonds. The van der Waals surface area contributed by atoms with Crippen LogP contribution in [0.25, 0.3) is 0 Å². The molecule has 0 bridgehead atoms. The van der Waals surface area contributed by atoms with E-state index in [1.807, 2.05) is 4.57 Å². The molecule has 0 radical (unpaired) electrons. The summed E-state index contributed by atoms with van der Waals surface area (Å²) < 4.78 is 25.4. The number of sulfone groups is 1. The van der Waals surface area contributed by atoms with Gasteiger partial charge in [0.05, 0.1) is 16.8 Å². The summed E-state index contributed by atoms with van der Waals surface area (Å²) in [7, 11) is -2.98. The highest BCUT2D eigenvalue weighted by atomic mass is 32.2. The quantitative estimate of drug-likeness (QED) is 0.781. The molecule has 1 aromatic heterocycles. The summed E-state index contributed by atoms with van der Waals surface area (Å²) in [5.74, 6) is 0.922. The van der Waals surface area contributed by atoms with Crippen molar-refractivity contribution < 1.29 is 13.2 Å². The van der Waals surface area contributed by atoms with E-state index in [1.165, 1.54) is 11.8 Å². The predicted molar refractivity (Wildman–Crippen MR) is 92.7 cm³/mol. The van der Waals surface area contributed by atoms with Gasteiger partial charge in [-0.05, 0) is 19.3 Å². The second kappa shape index (κ2) is 7.26. The second-order valence-electron chi connectivity index (χ2n) is 6.23. The Hall–Kier alpha value is -1.35. The van der Waals surface area contributed by atoms with Gasteiger partial charge in [-0.25, -0.2) is 8.42 Å². The van der Waals surface area contributed by atoms with Gasteiger partial charge >= 0.3 is 0 Å². The second-order valence-corrected chi connectivity index (χ2v) is 9.63. The molecule has 7 nitrogen and oxygen atoms in total. The zero-order chi connectivity index (χ0) is 17.2. The number of allylic oxidation sites excluding steroid dienone is 1. The molecule has 1 aromatic rings. The fourth-order valence-corrected chi connectivity index (χ4v) is 5.99. The standard InChI is InChI=1S/C15H22N4O3S2/c1-2-8-19-13(11-6-9-24(21,22)10-11)17-18-15(19)23-12-5-3-4-7-16-14(12)20/h2,11-12H,1,3-10H2,(H,16,20)/t11-,12-/m1/s1. The first kappa shape index (κ1) is 17.5. The van der Waals surface area contributed by atoms with Gasteiger partial charge in [0.1, 0.15) is 5.82 Å². The number of nitrogens with zero attached hydrogens (tertiary/aromatic N) is 3. The van der Waals surface area contributed by atoms with Gasteiger partial charge in [-0.1, -0.05) is 24.3 Å². The highest BCUT2D eigenvalue weighted by molar-refractivity contribution is 8.00. The summed E-state index contributed by atoms with van der Waals surface area (Å²) in [4.78, 5) is 12.1. The Morgan fingerprint density at radius 1 is 1.33 bits per heavy atom. The third-order valence-corrected chi connectivity index (χ3v) is 7.40. The third kappa shape index (κ3) is 3.83. The van der Waals surface area contributed by atoms with Crippen LogP contribution in [-0.4, -0.2) is 52.4 Å². The van der Waals surface area contributed by atoms with Crippen LogP contribution in [0.15, 0.2) is 17.8 Å². The van der Waals surface area contributed by atoms with Crippen LogP contribution >= 0.6 is 11.8 Å². The summed E-state index contributed by atoms with van der Waals surface area (Å²) in [5.41, 5.74) is 0. The lowest BCUT2D eigenvalue weighted by molar-refractivity contribution is -0.120. The van der Waals surface area contributed by atoms with E-state index in [9.17, 15) is 13.2 Å². The van der Waals surface area contributed by atoms with Crippen molar-refractivity contribution in [2.24, 2.45) is 0 Å². The average molecular weight is 371 g/mol. The minimum Gasteiger partial charge on any atom is -0.355 e. The smallest absolute Gasteiger partial charge is 0.233 e. The fraction of sp³-hybridized carbons (Fsp3) is 0.667. The number of carbonyl (C=O) groups excluding carboxylic acids is 1. The van der Waals surface area contributed by atoms with Crippen molar-refractivity contribution in [3.05, 3.63) is 18.5 Å². The number of hydrogen-bond donors (Lipinski definition) is 1. The Balaban J connectivity index is 1.83. The molecule has 0 aliphatic carbocycles. The maximum atomic E-state index is 12.1. The van der Waals surface area contributed by atoms with E-state index in [4.69, 9.17) is 0 Å². The molecule has 132 valence electrons. The number of aromatic nitrogens is 3. The number of rotatable bonds is 5. The van der Waals surface area contributed by atoms with Crippen LogP contribution in [0.1, 0.15) is 37.4 Å². The van der Waals surface area contributed by atoms with Gasteiger partial charge in [0.25, 0.3) is 0 Å². The van der Waals surface area contributed by atoms with Crippen molar-refractivity contribution in [3.63, 3.8) is 0 Å². The number of thioether (sulfide) groups is 1. The van der Waals surface area contributed by atoms with Crippen molar-refractivity contribution >= 4 is 27.5 Å². The minimum absolute atomic E-state index is 0.0376. The Kier molecular flexibility index (Phi) is 5.29. The fourth-order valence-electron chi connectivity index (χ4n) is 3.14. The number of hydrogen-bond acceptors (Lipinski definition) is 6. The van der Waals surface area contributed by atoms with Gasteiger partial charge in [-0.15, -0.1) is 16.8 Å². The number of carbonyl (C=O) groups is 1. The molecule has 3 rings (SSSR count). The molecule has 2 atom stereocenters. The Morgan fingerprint density at radius 3 is 2.88 bits per heavy atom. The van der Waals surface area contributed by atoms with Crippen LogP contribution in [0.3, 0.4) is 0 Å². The maximum absolute atomic E-state index is 12.1.